The van der Waals surface area contributed by atoms with Crippen molar-refractivity contribution in [3.63, 3.8) is 0 Å². The zero-order valence-electron chi connectivity index (χ0n) is 12.5. The third-order valence-electron chi connectivity index (χ3n) is 3.41. The largest absolute Gasteiger partial charge is 0.380 e. The first-order valence-electron chi connectivity index (χ1n) is 7.05. The Morgan fingerprint density at radius 2 is 2.17 bits per heavy atom. The fraction of sp³-hybridized carbons (Fsp3) is 0.867. The van der Waals surface area contributed by atoms with E-state index in [4.69, 9.17) is 10.5 Å². The van der Waals surface area contributed by atoms with Gasteiger partial charge >= 0.3 is 0 Å². The van der Waals surface area contributed by atoms with Crippen molar-refractivity contribution in [1.29, 1.82) is 0 Å². The van der Waals surface area contributed by atoms with E-state index >= 15 is 0 Å². The van der Waals surface area contributed by atoms with Crippen LogP contribution in [0.5, 0.6) is 0 Å². The highest BCUT2D eigenvalue weighted by molar-refractivity contribution is 5.07. The van der Waals surface area contributed by atoms with E-state index in [0.29, 0.717) is 11.5 Å². The van der Waals surface area contributed by atoms with Gasteiger partial charge in [-0.15, -0.1) is 0 Å². The second-order valence-electron chi connectivity index (χ2n) is 6.66. The number of rotatable bonds is 6. The lowest BCUT2D eigenvalue weighted by Gasteiger charge is -2.29. The Morgan fingerprint density at radius 3 is 2.67 bits per heavy atom. The maximum absolute atomic E-state index is 6.19. The van der Waals surface area contributed by atoms with Crippen molar-refractivity contribution in [1.82, 2.24) is 4.90 Å². The Hall–Kier alpha value is -0.380. The molecule has 3 nitrogen and oxygen atoms in total. The van der Waals surface area contributed by atoms with E-state index in [0.717, 1.165) is 45.5 Å². The molecule has 0 aromatic heterocycles. The molecule has 18 heavy (non-hydrogen) atoms. The fourth-order valence-electron chi connectivity index (χ4n) is 2.51. The third kappa shape index (κ3) is 6.53. The highest BCUT2D eigenvalue weighted by Crippen LogP contribution is 2.21. The molecule has 1 aliphatic heterocycles. The zero-order valence-corrected chi connectivity index (χ0v) is 12.5. The molecule has 0 saturated heterocycles. The van der Waals surface area contributed by atoms with E-state index in [1.165, 1.54) is 5.57 Å². The average molecular weight is 254 g/mol. The second kappa shape index (κ2) is 7.27. The summed E-state index contributed by atoms with van der Waals surface area (Å²) in [5, 5.41) is 0. The highest BCUT2D eigenvalue weighted by atomic mass is 16.5. The van der Waals surface area contributed by atoms with Gasteiger partial charge in [0.15, 0.2) is 0 Å². The Morgan fingerprint density at radius 1 is 1.44 bits per heavy atom. The predicted molar refractivity (Wildman–Crippen MR) is 77.7 cm³/mol. The van der Waals surface area contributed by atoms with Crippen molar-refractivity contribution in [2.75, 3.05) is 33.4 Å². The minimum absolute atomic E-state index is 0.328. The van der Waals surface area contributed by atoms with Gasteiger partial charge in [-0.1, -0.05) is 26.8 Å². The van der Waals surface area contributed by atoms with E-state index in [2.05, 4.69) is 31.7 Å². The standard InChI is InChI=1S/C15H30N2O/c1-15(2,3)11-14(16)7-10-17-8-5-13(6-9-17)12-18-4/h5,14H,6-12,16H2,1-4H3. The summed E-state index contributed by atoms with van der Waals surface area (Å²) in [6, 6.07) is 0.328. The predicted octanol–water partition coefficient (Wildman–Crippen LogP) is 2.42. The Balaban J connectivity index is 2.21. The van der Waals surface area contributed by atoms with Crippen molar-refractivity contribution in [2.24, 2.45) is 11.1 Å². The summed E-state index contributed by atoms with van der Waals surface area (Å²) in [7, 11) is 1.76. The molecule has 2 N–H and O–H groups in total. The molecule has 0 saturated carbocycles. The van der Waals surface area contributed by atoms with Crippen molar-refractivity contribution in [3.05, 3.63) is 11.6 Å². The van der Waals surface area contributed by atoms with Crippen molar-refractivity contribution >= 4 is 0 Å². The van der Waals surface area contributed by atoms with Crippen LogP contribution in [0, 0.1) is 5.41 Å². The summed E-state index contributed by atoms with van der Waals surface area (Å²) >= 11 is 0. The third-order valence-corrected chi connectivity index (χ3v) is 3.41. The number of nitrogens with zero attached hydrogens (tertiary/aromatic N) is 1. The monoisotopic (exact) mass is 254 g/mol. The van der Waals surface area contributed by atoms with Gasteiger partial charge in [0, 0.05) is 26.2 Å². The maximum atomic E-state index is 6.19. The molecule has 1 aliphatic rings. The van der Waals surface area contributed by atoms with Crippen LogP contribution in [-0.4, -0.2) is 44.3 Å². The van der Waals surface area contributed by atoms with Crippen LogP contribution < -0.4 is 5.73 Å². The Labute approximate surface area is 112 Å². The molecule has 1 rings (SSSR count). The lowest BCUT2D eigenvalue weighted by Crippen LogP contribution is -2.35. The number of methoxy groups -OCH3 is 1. The van der Waals surface area contributed by atoms with Gasteiger partial charge in [-0.25, -0.2) is 0 Å². The lowest BCUT2D eigenvalue weighted by atomic mass is 9.87. The van der Waals surface area contributed by atoms with Gasteiger partial charge in [0.05, 0.1) is 6.61 Å². The summed E-state index contributed by atoms with van der Waals surface area (Å²) in [5.41, 5.74) is 7.97. The first-order valence-corrected chi connectivity index (χ1v) is 7.05. The molecule has 1 heterocycles. The molecular formula is C15H30N2O. The van der Waals surface area contributed by atoms with E-state index in [9.17, 15) is 0 Å². The van der Waals surface area contributed by atoms with Gasteiger partial charge in [0.1, 0.15) is 0 Å². The summed E-state index contributed by atoms with van der Waals surface area (Å²) in [6.07, 6.45) is 5.65. The van der Waals surface area contributed by atoms with Crippen LogP contribution >= 0.6 is 0 Å². The van der Waals surface area contributed by atoms with Crippen molar-refractivity contribution < 1.29 is 4.74 Å². The van der Waals surface area contributed by atoms with Crippen LogP contribution in [0.3, 0.4) is 0 Å². The van der Waals surface area contributed by atoms with Crippen LogP contribution in [0.4, 0.5) is 0 Å². The molecule has 0 bridgehead atoms. The number of hydrogen-bond donors (Lipinski definition) is 1. The quantitative estimate of drug-likeness (QED) is 0.740. The minimum atomic E-state index is 0.328. The van der Waals surface area contributed by atoms with Gasteiger partial charge in [-0.3, -0.25) is 4.90 Å². The zero-order chi connectivity index (χ0) is 13.6. The first kappa shape index (κ1) is 15.7. The van der Waals surface area contributed by atoms with Crippen LogP contribution in [0.2, 0.25) is 0 Å². The highest BCUT2D eigenvalue weighted by Gasteiger charge is 2.17. The molecular weight excluding hydrogens is 224 g/mol. The minimum Gasteiger partial charge on any atom is -0.380 e. The van der Waals surface area contributed by atoms with E-state index in [1.54, 1.807) is 7.11 Å². The van der Waals surface area contributed by atoms with Gasteiger partial charge in [0.2, 0.25) is 0 Å². The summed E-state index contributed by atoms with van der Waals surface area (Å²) < 4.78 is 5.16. The Kier molecular flexibility index (Phi) is 6.33. The van der Waals surface area contributed by atoms with E-state index in [-0.39, 0.29) is 0 Å². The Bertz CT molecular complexity index is 268. The number of ether oxygens (including phenoxy) is 1. The van der Waals surface area contributed by atoms with Crippen molar-refractivity contribution in [3.8, 4) is 0 Å². The molecule has 0 aromatic rings. The molecule has 0 aliphatic carbocycles. The number of hydrogen-bond acceptors (Lipinski definition) is 3. The van der Waals surface area contributed by atoms with Gasteiger partial charge in [0.25, 0.3) is 0 Å². The molecule has 0 spiro atoms. The first-order chi connectivity index (χ1) is 8.40. The van der Waals surface area contributed by atoms with Crippen molar-refractivity contribution in [2.45, 2.75) is 46.1 Å². The molecule has 0 aromatic carbocycles. The molecule has 3 heteroatoms. The summed E-state index contributed by atoms with van der Waals surface area (Å²) in [6.45, 7) is 10.9. The second-order valence-corrected chi connectivity index (χ2v) is 6.66. The molecule has 1 atom stereocenters. The smallest absolute Gasteiger partial charge is 0.0673 e. The van der Waals surface area contributed by atoms with Crippen LogP contribution in [0.15, 0.2) is 11.6 Å². The lowest BCUT2D eigenvalue weighted by molar-refractivity contribution is 0.209. The van der Waals surface area contributed by atoms with Crippen LogP contribution in [0.1, 0.15) is 40.0 Å². The molecule has 0 amide bonds. The summed E-state index contributed by atoms with van der Waals surface area (Å²) in [5.74, 6) is 0. The fourth-order valence-corrected chi connectivity index (χ4v) is 2.51. The van der Waals surface area contributed by atoms with E-state index < -0.39 is 0 Å². The SMILES string of the molecule is COCC1=CCN(CCC(N)CC(C)(C)C)CC1. The molecule has 0 radical (unpaired) electrons. The van der Waals surface area contributed by atoms with Crippen LogP contribution in [0.25, 0.3) is 0 Å². The molecule has 0 fully saturated rings. The van der Waals surface area contributed by atoms with Gasteiger partial charge < -0.3 is 10.5 Å². The van der Waals surface area contributed by atoms with E-state index in [1.807, 2.05) is 0 Å². The summed E-state index contributed by atoms with van der Waals surface area (Å²) in [4.78, 5) is 2.49. The normalized spacial score (nSPS) is 19.7. The van der Waals surface area contributed by atoms with Gasteiger partial charge in [-0.2, -0.15) is 0 Å². The van der Waals surface area contributed by atoms with Gasteiger partial charge in [-0.05, 0) is 36.8 Å². The topological polar surface area (TPSA) is 38.5 Å². The average Bonchev–Trinajstić information content (AvgIpc) is 2.26. The maximum Gasteiger partial charge on any atom is 0.0673 e. The number of nitrogens with two attached hydrogens (primary N) is 1. The van der Waals surface area contributed by atoms with Crippen LogP contribution in [-0.2, 0) is 4.74 Å². The molecule has 1 unspecified atom stereocenters. The molecule has 106 valence electrons.